The summed E-state index contributed by atoms with van der Waals surface area (Å²) in [5.41, 5.74) is 8.46. The molecule has 1 aliphatic heterocycles. The van der Waals surface area contributed by atoms with Crippen molar-refractivity contribution in [2.45, 2.75) is 18.7 Å². The molecule has 1 aliphatic rings. The van der Waals surface area contributed by atoms with Crippen LogP contribution in [0.1, 0.15) is 21.5 Å². The highest BCUT2D eigenvalue weighted by molar-refractivity contribution is 7.89. The van der Waals surface area contributed by atoms with E-state index in [2.05, 4.69) is 0 Å². The molecule has 0 aliphatic carbocycles. The number of hydrogen-bond donors (Lipinski definition) is 1. The number of amides is 1. The fourth-order valence-electron chi connectivity index (χ4n) is 3.06. The molecule has 0 bridgehead atoms. The number of nitrogens with two attached hydrogens (primary N) is 1. The first-order chi connectivity index (χ1) is 12.3. The zero-order valence-corrected chi connectivity index (χ0v) is 17.0. The zero-order valence-electron chi connectivity index (χ0n) is 15.4. The van der Waals surface area contributed by atoms with Crippen LogP contribution in [0.3, 0.4) is 0 Å². The average molecular weight is 410 g/mol. The van der Waals surface area contributed by atoms with E-state index in [9.17, 15) is 13.2 Å². The van der Waals surface area contributed by atoms with Crippen molar-refractivity contribution in [3.8, 4) is 0 Å². The summed E-state index contributed by atoms with van der Waals surface area (Å²) in [6, 6.07) is 12.2. The Morgan fingerprint density at radius 3 is 2.15 bits per heavy atom. The van der Waals surface area contributed by atoms with Crippen molar-refractivity contribution in [3.63, 3.8) is 0 Å². The van der Waals surface area contributed by atoms with Gasteiger partial charge in [0.15, 0.2) is 0 Å². The lowest BCUT2D eigenvalue weighted by Gasteiger charge is -2.34. The summed E-state index contributed by atoms with van der Waals surface area (Å²) < 4.78 is 27.4. The molecule has 2 N–H and O–H groups in total. The van der Waals surface area contributed by atoms with Gasteiger partial charge in [-0.1, -0.05) is 12.1 Å². The van der Waals surface area contributed by atoms with Gasteiger partial charge < -0.3 is 10.6 Å². The summed E-state index contributed by atoms with van der Waals surface area (Å²) >= 11 is 0. The first-order valence-corrected chi connectivity index (χ1v) is 9.95. The quantitative estimate of drug-likeness (QED) is 0.789. The lowest BCUT2D eigenvalue weighted by Crippen LogP contribution is -2.50. The van der Waals surface area contributed by atoms with Crippen LogP contribution in [0.25, 0.3) is 0 Å². The van der Waals surface area contributed by atoms with Crippen LogP contribution in [0.4, 0.5) is 5.69 Å². The van der Waals surface area contributed by atoms with Crippen LogP contribution in [0.5, 0.6) is 0 Å². The molecule has 0 atom stereocenters. The largest absolute Gasteiger partial charge is 0.399 e. The minimum Gasteiger partial charge on any atom is -0.399 e. The van der Waals surface area contributed by atoms with E-state index in [1.54, 1.807) is 42.2 Å². The number of rotatable bonds is 3. The maximum Gasteiger partial charge on any atom is 0.253 e. The van der Waals surface area contributed by atoms with Crippen molar-refractivity contribution in [2.24, 2.45) is 0 Å². The Balaban J connectivity index is 0.00000261. The first kappa shape index (κ1) is 21.2. The van der Waals surface area contributed by atoms with E-state index in [4.69, 9.17) is 5.73 Å². The Labute approximate surface area is 166 Å². The van der Waals surface area contributed by atoms with E-state index in [0.29, 0.717) is 29.2 Å². The summed E-state index contributed by atoms with van der Waals surface area (Å²) in [6.45, 7) is 4.99. The highest BCUT2D eigenvalue weighted by Crippen LogP contribution is 2.23. The van der Waals surface area contributed by atoms with Crippen molar-refractivity contribution in [3.05, 3.63) is 59.2 Å². The Kier molecular flexibility index (Phi) is 6.51. The number of nitrogens with zero attached hydrogens (tertiary/aromatic N) is 2. The van der Waals surface area contributed by atoms with Crippen LogP contribution in [0.2, 0.25) is 0 Å². The van der Waals surface area contributed by atoms with Crippen LogP contribution < -0.4 is 5.73 Å². The number of carbonyl (C=O) groups excluding carboxylic acids is 1. The van der Waals surface area contributed by atoms with E-state index in [1.165, 1.54) is 4.31 Å². The van der Waals surface area contributed by atoms with Crippen LogP contribution in [0.15, 0.2) is 47.4 Å². The summed E-state index contributed by atoms with van der Waals surface area (Å²) in [4.78, 5) is 14.6. The van der Waals surface area contributed by atoms with Gasteiger partial charge in [0.25, 0.3) is 5.91 Å². The molecule has 8 heteroatoms. The molecule has 1 fully saturated rings. The predicted molar refractivity (Wildman–Crippen MR) is 109 cm³/mol. The second-order valence-corrected chi connectivity index (χ2v) is 8.49. The van der Waals surface area contributed by atoms with Gasteiger partial charge >= 0.3 is 0 Å². The number of aryl methyl sites for hydroxylation is 2. The molecule has 0 radical (unpaired) electrons. The first-order valence-electron chi connectivity index (χ1n) is 8.51. The summed E-state index contributed by atoms with van der Waals surface area (Å²) in [6.07, 6.45) is 0. The van der Waals surface area contributed by atoms with Gasteiger partial charge in [-0.05, 0) is 55.3 Å². The number of carbonyl (C=O) groups is 1. The Morgan fingerprint density at radius 2 is 1.56 bits per heavy atom. The molecule has 1 saturated heterocycles. The Hall–Kier alpha value is -2.09. The second-order valence-electron chi connectivity index (χ2n) is 6.59. The number of benzene rings is 2. The van der Waals surface area contributed by atoms with Gasteiger partial charge in [-0.2, -0.15) is 4.31 Å². The molecule has 0 unspecified atom stereocenters. The van der Waals surface area contributed by atoms with Gasteiger partial charge in [-0.3, -0.25) is 4.79 Å². The number of nitrogen functional groups attached to an aromatic ring is 1. The molecule has 2 aromatic carbocycles. The highest BCUT2D eigenvalue weighted by atomic mass is 35.5. The molecule has 2 aromatic rings. The molecule has 0 saturated carbocycles. The number of halogens is 1. The van der Waals surface area contributed by atoms with Gasteiger partial charge in [0.1, 0.15) is 0 Å². The fraction of sp³-hybridized carbons (Fsp3) is 0.316. The maximum absolute atomic E-state index is 13.0. The van der Waals surface area contributed by atoms with Crippen molar-refractivity contribution < 1.29 is 13.2 Å². The molecule has 0 aromatic heterocycles. The summed E-state index contributed by atoms with van der Waals surface area (Å²) in [5.74, 6) is -0.103. The molecular weight excluding hydrogens is 386 g/mol. The normalized spacial score (nSPS) is 15.3. The third-order valence-corrected chi connectivity index (χ3v) is 6.69. The molecular formula is C19H24ClN3O3S. The Morgan fingerprint density at radius 1 is 0.963 bits per heavy atom. The number of hydrogen-bond acceptors (Lipinski definition) is 4. The lowest BCUT2D eigenvalue weighted by molar-refractivity contribution is 0.0698. The van der Waals surface area contributed by atoms with Crippen molar-refractivity contribution in [2.75, 3.05) is 31.9 Å². The van der Waals surface area contributed by atoms with Gasteiger partial charge in [-0.15, -0.1) is 12.4 Å². The minimum atomic E-state index is -3.56. The van der Waals surface area contributed by atoms with Crippen molar-refractivity contribution >= 4 is 34.0 Å². The lowest BCUT2D eigenvalue weighted by atomic mass is 10.1. The van der Waals surface area contributed by atoms with E-state index >= 15 is 0 Å². The molecule has 1 heterocycles. The molecule has 1 amide bonds. The number of piperazine rings is 1. The predicted octanol–water partition coefficient (Wildman–Crippen LogP) is 2.45. The van der Waals surface area contributed by atoms with Gasteiger partial charge in [0, 0.05) is 37.4 Å². The number of sulfonamides is 1. The maximum atomic E-state index is 13.0. The molecule has 27 heavy (non-hydrogen) atoms. The van der Waals surface area contributed by atoms with Crippen LogP contribution in [0, 0.1) is 13.8 Å². The molecule has 0 spiro atoms. The van der Waals surface area contributed by atoms with Gasteiger partial charge in [-0.25, -0.2) is 8.42 Å². The smallest absolute Gasteiger partial charge is 0.253 e. The molecule has 3 rings (SSSR count). The van der Waals surface area contributed by atoms with Crippen LogP contribution in [-0.2, 0) is 10.0 Å². The third-order valence-electron chi connectivity index (χ3n) is 4.64. The molecule has 6 nitrogen and oxygen atoms in total. The topological polar surface area (TPSA) is 83.7 Å². The van der Waals surface area contributed by atoms with E-state index < -0.39 is 10.0 Å². The summed E-state index contributed by atoms with van der Waals surface area (Å²) in [7, 11) is -3.56. The minimum absolute atomic E-state index is 0. The SMILES string of the molecule is Cc1ccc(C)c(S(=O)(=O)N2CCN(C(=O)c3ccc(N)cc3)CC2)c1.Cl. The number of anilines is 1. The van der Waals surface area contributed by atoms with Gasteiger partial charge in [0.05, 0.1) is 4.90 Å². The monoisotopic (exact) mass is 409 g/mol. The zero-order chi connectivity index (χ0) is 18.9. The standard InChI is InChI=1S/C19H23N3O3S.ClH/c1-14-3-4-15(2)18(13-14)26(24,25)22-11-9-21(10-12-22)19(23)16-5-7-17(20)8-6-16;/h3-8,13H,9-12,20H2,1-2H3;1H. The van der Waals surface area contributed by atoms with Crippen LogP contribution in [-0.4, -0.2) is 49.7 Å². The van der Waals surface area contributed by atoms with Crippen LogP contribution >= 0.6 is 12.4 Å². The fourth-order valence-corrected chi connectivity index (χ4v) is 4.80. The second kappa shape index (κ2) is 8.29. The average Bonchev–Trinajstić information content (AvgIpc) is 2.64. The van der Waals surface area contributed by atoms with E-state index in [0.717, 1.165) is 11.1 Å². The van der Waals surface area contributed by atoms with E-state index in [-0.39, 0.29) is 31.4 Å². The Bertz CT molecular complexity index is 922. The van der Waals surface area contributed by atoms with Crippen molar-refractivity contribution in [1.82, 2.24) is 9.21 Å². The van der Waals surface area contributed by atoms with Gasteiger partial charge in [0.2, 0.25) is 10.0 Å². The van der Waals surface area contributed by atoms with Crippen molar-refractivity contribution in [1.29, 1.82) is 0 Å². The van der Waals surface area contributed by atoms with E-state index in [1.807, 2.05) is 19.1 Å². The third kappa shape index (κ3) is 4.43. The summed E-state index contributed by atoms with van der Waals surface area (Å²) in [5, 5.41) is 0. The molecule has 146 valence electrons. The highest BCUT2D eigenvalue weighted by Gasteiger charge is 2.31.